The van der Waals surface area contributed by atoms with Gasteiger partial charge in [-0.05, 0) is 35.6 Å². The standard InChI is InChI=1S/C11H12FN3S/c1-2-9-11(16-15-14-9)10(13)7-3-5-8(12)6-4-7/h3-6,10H,2,13H2,1H3. The van der Waals surface area contributed by atoms with E-state index in [0.717, 1.165) is 22.6 Å². The van der Waals surface area contributed by atoms with Gasteiger partial charge >= 0.3 is 0 Å². The van der Waals surface area contributed by atoms with Gasteiger partial charge in [0.2, 0.25) is 0 Å². The quantitative estimate of drug-likeness (QED) is 0.891. The number of nitrogens with zero attached hydrogens (tertiary/aromatic N) is 2. The zero-order valence-electron chi connectivity index (χ0n) is 8.85. The average molecular weight is 237 g/mol. The largest absolute Gasteiger partial charge is 0.320 e. The molecular weight excluding hydrogens is 225 g/mol. The zero-order valence-corrected chi connectivity index (χ0v) is 9.67. The predicted octanol–water partition coefficient (Wildman–Crippen LogP) is 2.29. The maximum absolute atomic E-state index is 12.8. The first-order valence-electron chi connectivity index (χ1n) is 5.04. The van der Waals surface area contributed by atoms with Crippen LogP contribution in [-0.4, -0.2) is 9.59 Å². The van der Waals surface area contributed by atoms with Gasteiger partial charge in [0, 0.05) is 0 Å². The number of aryl methyl sites for hydroxylation is 1. The summed E-state index contributed by atoms with van der Waals surface area (Å²) in [5, 5.41) is 4.01. The highest BCUT2D eigenvalue weighted by atomic mass is 32.1. The molecule has 5 heteroatoms. The first-order chi connectivity index (χ1) is 7.72. The topological polar surface area (TPSA) is 51.8 Å². The summed E-state index contributed by atoms with van der Waals surface area (Å²) in [4.78, 5) is 0.953. The number of aromatic nitrogens is 2. The maximum atomic E-state index is 12.8. The Labute approximate surface area is 97.3 Å². The monoisotopic (exact) mass is 237 g/mol. The Kier molecular flexibility index (Phi) is 3.26. The predicted molar refractivity (Wildman–Crippen MR) is 61.7 cm³/mol. The van der Waals surface area contributed by atoms with Crippen molar-refractivity contribution in [1.82, 2.24) is 9.59 Å². The molecule has 0 radical (unpaired) electrons. The Morgan fingerprint density at radius 1 is 1.38 bits per heavy atom. The molecule has 2 rings (SSSR count). The molecule has 0 aliphatic rings. The van der Waals surface area contributed by atoms with Crippen LogP contribution in [0.4, 0.5) is 4.39 Å². The SMILES string of the molecule is CCc1nnsc1C(N)c1ccc(F)cc1. The molecule has 0 saturated heterocycles. The normalized spacial score (nSPS) is 12.7. The van der Waals surface area contributed by atoms with Crippen LogP contribution < -0.4 is 5.73 Å². The van der Waals surface area contributed by atoms with Gasteiger partial charge in [0.1, 0.15) is 5.82 Å². The van der Waals surface area contributed by atoms with Gasteiger partial charge in [-0.15, -0.1) is 5.10 Å². The van der Waals surface area contributed by atoms with E-state index < -0.39 is 0 Å². The summed E-state index contributed by atoms with van der Waals surface area (Å²) in [6.45, 7) is 2.01. The van der Waals surface area contributed by atoms with Gasteiger partial charge in [-0.2, -0.15) is 0 Å². The molecule has 0 amide bonds. The van der Waals surface area contributed by atoms with Crippen LogP contribution in [-0.2, 0) is 6.42 Å². The van der Waals surface area contributed by atoms with E-state index in [2.05, 4.69) is 9.59 Å². The van der Waals surface area contributed by atoms with Crippen molar-refractivity contribution < 1.29 is 4.39 Å². The minimum Gasteiger partial charge on any atom is -0.320 e. The molecule has 0 aliphatic carbocycles. The van der Waals surface area contributed by atoms with Crippen LogP contribution in [0.15, 0.2) is 24.3 Å². The van der Waals surface area contributed by atoms with Crippen molar-refractivity contribution in [3.8, 4) is 0 Å². The Morgan fingerprint density at radius 2 is 2.06 bits per heavy atom. The maximum Gasteiger partial charge on any atom is 0.123 e. The molecule has 0 saturated carbocycles. The van der Waals surface area contributed by atoms with Gasteiger partial charge in [-0.1, -0.05) is 23.5 Å². The molecule has 1 unspecified atom stereocenters. The average Bonchev–Trinajstić information content (AvgIpc) is 2.77. The molecule has 2 N–H and O–H groups in total. The van der Waals surface area contributed by atoms with Gasteiger partial charge in [0.05, 0.1) is 16.6 Å². The Hall–Kier alpha value is -1.33. The van der Waals surface area contributed by atoms with Crippen molar-refractivity contribution in [2.75, 3.05) is 0 Å². The van der Waals surface area contributed by atoms with Gasteiger partial charge in [0.25, 0.3) is 0 Å². The fourth-order valence-electron chi connectivity index (χ4n) is 1.52. The van der Waals surface area contributed by atoms with E-state index in [4.69, 9.17) is 5.73 Å². The summed E-state index contributed by atoms with van der Waals surface area (Å²) in [6, 6.07) is 5.94. The first-order valence-corrected chi connectivity index (χ1v) is 5.82. The zero-order chi connectivity index (χ0) is 11.5. The highest BCUT2D eigenvalue weighted by molar-refractivity contribution is 7.05. The number of rotatable bonds is 3. The molecule has 84 valence electrons. The van der Waals surface area contributed by atoms with E-state index in [1.165, 1.54) is 23.7 Å². The summed E-state index contributed by atoms with van der Waals surface area (Å²) < 4.78 is 16.7. The summed E-state index contributed by atoms with van der Waals surface area (Å²) in [5.41, 5.74) is 7.89. The van der Waals surface area contributed by atoms with Crippen LogP contribution in [0.2, 0.25) is 0 Å². The van der Waals surface area contributed by atoms with Gasteiger partial charge in [-0.3, -0.25) is 0 Å². The third-order valence-electron chi connectivity index (χ3n) is 2.43. The van der Waals surface area contributed by atoms with Crippen LogP contribution >= 0.6 is 11.5 Å². The van der Waals surface area contributed by atoms with Crippen molar-refractivity contribution >= 4 is 11.5 Å². The third-order valence-corrected chi connectivity index (χ3v) is 3.28. The van der Waals surface area contributed by atoms with E-state index in [9.17, 15) is 4.39 Å². The molecule has 16 heavy (non-hydrogen) atoms. The summed E-state index contributed by atoms with van der Waals surface area (Å²) in [5.74, 6) is -0.255. The van der Waals surface area contributed by atoms with Gasteiger partial charge in [-0.25, -0.2) is 4.39 Å². The summed E-state index contributed by atoms with van der Waals surface area (Å²) in [6.07, 6.45) is 0.806. The molecule has 3 nitrogen and oxygen atoms in total. The second kappa shape index (κ2) is 4.67. The van der Waals surface area contributed by atoms with Crippen molar-refractivity contribution in [2.24, 2.45) is 5.73 Å². The summed E-state index contributed by atoms with van der Waals surface area (Å²) >= 11 is 1.30. The molecule has 0 fully saturated rings. The lowest BCUT2D eigenvalue weighted by Crippen LogP contribution is -2.12. The van der Waals surface area contributed by atoms with E-state index in [0.29, 0.717) is 0 Å². The smallest absolute Gasteiger partial charge is 0.123 e. The molecule has 1 aromatic heterocycles. The minimum atomic E-state index is -0.268. The lowest BCUT2D eigenvalue weighted by molar-refractivity contribution is 0.626. The minimum absolute atomic E-state index is 0.255. The molecule has 1 aromatic carbocycles. The van der Waals surface area contributed by atoms with E-state index in [1.807, 2.05) is 6.92 Å². The van der Waals surface area contributed by atoms with E-state index in [-0.39, 0.29) is 11.9 Å². The third kappa shape index (κ3) is 2.10. The Bertz CT molecular complexity index is 466. The van der Waals surface area contributed by atoms with Gasteiger partial charge < -0.3 is 5.73 Å². The highest BCUT2D eigenvalue weighted by Gasteiger charge is 2.16. The number of halogens is 1. The number of benzene rings is 1. The lowest BCUT2D eigenvalue weighted by Gasteiger charge is -2.10. The van der Waals surface area contributed by atoms with Crippen LogP contribution in [0, 0.1) is 5.82 Å². The molecule has 0 spiro atoms. The van der Waals surface area contributed by atoms with Crippen molar-refractivity contribution in [2.45, 2.75) is 19.4 Å². The van der Waals surface area contributed by atoms with E-state index in [1.54, 1.807) is 12.1 Å². The summed E-state index contributed by atoms with van der Waals surface area (Å²) in [7, 11) is 0. The highest BCUT2D eigenvalue weighted by Crippen LogP contribution is 2.25. The molecule has 1 heterocycles. The molecule has 2 aromatic rings. The fourth-order valence-corrected chi connectivity index (χ4v) is 2.29. The number of nitrogens with two attached hydrogens (primary N) is 1. The van der Waals surface area contributed by atoms with Crippen LogP contribution in [0.3, 0.4) is 0 Å². The van der Waals surface area contributed by atoms with Gasteiger partial charge in [0.15, 0.2) is 0 Å². The number of hydrogen-bond acceptors (Lipinski definition) is 4. The van der Waals surface area contributed by atoms with Crippen LogP contribution in [0.1, 0.15) is 29.1 Å². The molecule has 0 bridgehead atoms. The Morgan fingerprint density at radius 3 is 2.69 bits per heavy atom. The van der Waals surface area contributed by atoms with E-state index >= 15 is 0 Å². The van der Waals surface area contributed by atoms with Crippen molar-refractivity contribution in [3.63, 3.8) is 0 Å². The fraction of sp³-hybridized carbons (Fsp3) is 0.273. The Balaban J connectivity index is 2.31. The second-order valence-electron chi connectivity index (χ2n) is 3.47. The van der Waals surface area contributed by atoms with Crippen LogP contribution in [0.5, 0.6) is 0 Å². The second-order valence-corrected chi connectivity index (χ2v) is 4.25. The lowest BCUT2D eigenvalue weighted by atomic mass is 10.0. The van der Waals surface area contributed by atoms with Crippen molar-refractivity contribution in [1.29, 1.82) is 0 Å². The van der Waals surface area contributed by atoms with Crippen LogP contribution in [0.25, 0.3) is 0 Å². The first kappa shape index (κ1) is 11.2. The molecule has 1 atom stereocenters. The molecular formula is C11H12FN3S. The molecule has 0 aliphatic heterocycles. The van der Waals surface area contributed by atoms with Crippen molar-refractivity contribution in [3.05, 3.63) is 46.2 Å². The number of hydrogen-bond donors (Lipinski definition) is 1.